The molecule has 1 fully saturated rings. The third kappa shape index (κ3) is 3.98. The van der Waals surface area contributed by atoms with Crippen LogP contribution in [0.5, 0.6) is 0 Å². The Kier molecular flexibility index (Phi) is 5.39. The highest BCUT2D eigenvalue weighted by Crippen LogP contribution is 2.30. The van der Waals surface area contributed by atoms with Crippen LogP contribution in [0.2, 0.25) is 0 Å². The average Bonchev–Trinajstić information content (AvgIpc) is 3.30. The molecule has 7 nitrogen and oxygen atoms in total. The molecule has 4 aromatic rings. The fourth-order valence-electron chi connectivity index (χ4n) is 4.02. The average molecular weight is 449 g/mol. The van der Waals surface area contributed by atoms with E-state index in [1.807, 2.05) is 11.0 Å². The monoisotopic (exact) mass is 449 g/mol. The quantitative estimate of drug-likeness (QED) is 0.482. The van der Waals surface area contributed by atoms with Crippen LogP contribution < -0.4 is 16.0 Å². The Hall–Kier alpha value is -3.98. The van der Waals surface area contributed by atoms with E-state index < -0.39 is 11.7 Å². The van der Waals surface area contributed by atoms with E-state index >= 15 is 0 Å². The molecule has 0 aliphatic carbocycles. The molecule has 5 rings (SSSR count). The third-order valence-corrected chi connectivity index (χ3v) is 5.66. The number of hydrogen-bond donors (Lipinski definition) is 2. The number of imidazole rings is 1. The van der Waals surface area contributed by atoms with Crippen molar-refractivity contribution in [1.82, 2.24) is 9.38 Å². The van der Waals surface area contributed by atoms with Gasteiger partial charge in [-0.2, -0.15) is 0 Å². The van der Waals surface area contributed by atoms with Crippen LogP contribution in [-0.4, -0.2) is 41.6 Å². The number of anilines is 3. The summed E-state index contributed by atoms with van der Waals surface area (Å²) < 4.78 is 36.2. The smallest absolute Gasteiger partial charge is 0.251 e. The summed E-state index contributed by atoms with van der Waals surface area (Å²) in [4.78, 5) is 17.7. The molecular weight excluding hydrogens is 428 g/mol. The maximum Gasteiger partial charge on any atom is 0.251 e. The summed E-state index contributed by atoms with van der Waals surface area (Å²) in [5, 5.41) is 3.22. The number of aromatic nitrogens is 2. The van der Waals surface area contributed by atoms with Gasteiger partial charge in [-0.15, -0.1) is 0 Å². The molecule has 33 heavy (non-hydrogen) atoms. The fourth-order valence-corrected chi connectivity index (χ4v) is 4.02. The summed E-state index contributed by atoms with van der Waals surface area (Å²) in [5.41, 5.74) is 8.65. The lowest BCUT2D eigenvalue weighted by atomic mass is 10.1. The number of nitrogens with zero attached hydrogens (tertiary/aromatic N) is 3. The fraction of sp³-hybridized carbons (Fsp3) is 0.167. The van der Waals surface area contributed by atoms with Crippen molar-refractivity contribution in [2.24, 2.45) is 5.73 Å². The van der Waals surface area contributed by atoms with Crippen LogP contribution in [0.15, 0.2) is 60.9 Å². The van der Waals surface area contributed by atoms with Crippen molar-refractivity contribution in [2.45, 2.75) is 0 Å². The number of rotatable bonds is 5. The number of pyridine rings is 1. The van der Waals surface area contributed by atoms with Crippen LogP contribution in [0, 0.1) is 11.6 Å². The van der Waals surface area contributed by atoms with E-state index in [0.717, 1.165) is 0 Å². The van der Waals surface area contributed by atoms with E-state index in [-0.39, 0.29) is 11.4 Å². The number of carbonyl (C=O) groups excluding carboxylic acids is 1. The maximum atomic E-state index is 14.8. The standard InChI is InChI=1S/C24H21F2N5O2/c25-18-13-15(1-3-17(18)23(27)32)21-6-4-20(24-28-7-8-31(21)24)29-16-2-5-22(19(26)14-16)30-9-11-33-12-10-30/h1-8,13-14,29H,9-12H2,(H2,27,32). The van der Waals surface area contributed by atoms with Gasteiger partial charge in [0.1, 0.15) is 11.6 Å². The Labute approximate surface area is 188 Å². The Morgan fingerprint density at radius 2 is 1.85 bits per heavy atom. The molecule has 3 N–H and O–H groups in total. The number of morpholine rings is 1. The zero-order valence-electron chi connectivity index (χ0n) is 17.6. The lowest BCUT2D eigenvalue weighted by Crippen LogP contribution is -2.36. The molecule has 9 heteroatoms. The van der Waals surface area contributed by atoms with E-state index in [1.54, 1.807) is 41.1 Å². The molecular formula is C24H21F2N5O2. The molecule has 1 aliphatic heterocycles. The topological polar surface area (TPSA) is 84.9 Å². The molecule has 0 saturated carbocycles. The van der Waals surface area contributed by atoms with Gasteiger partial charge in [0.15, 0.2) is 5.65 Å². The number of nitrogens with two attached hydrogens (primary N) is 1. The molecule has 0 atom stereocenters. The van der Waals surface area contributed by atoms with Gasteiger partial charge in [0.2, 0.25) is 0 Å². The number of hydrogen-bond acceptors (Lipinski definition) is 5. The van der Waals surface area contributed by atoms with Crippen molar-refractivity contribution in [1.29, 1.82) is 0 Å². The van der Waals surface area contributed by atoms with Crippen molar-refractivity contribution in [3.63, 3.8) is 0 Å². The number of amides is 1. The highest BCUT2D eigenvalue weighted by atomic mass is 19.1. The summed E-state index contributed by atoms with van der Waals surface area (Å²) in [6.45, 7) is 2.47. The lowest BCUT2D eigenvalue weighted by Gasteiger charge is -2.29. The molecule has 2 aromatic carbocycles. The second-order valence-electron chi connectivity index (χ2n) is 7.70. The summed E-state index contributed by atoms with van der Waals surface area (Å²) in [7, 11) is 0. The summed E-state index contributed by atoms with van der Waals surface area (Å²) in [6, 6.07) is 12.9. The maximum absolute atomic E-state index is 14.8. The van der Waals surface area contributed by atoms with Crippen LogP contribution in [0.25, 0.3) is 16.9 Å². The first-order chi connectivity index (χ1) is 16.0. The molecule has 2 aromatic heterocycles. The molecule has 0 radical (unpaired) electrons. The molecule has 0 bridgehead atoms. The van der Waals surface area contributed by atoms with E-state index in [4.69, 9.17) is 10.5 Å². The highest BCUT2D eigenvalue weighted by Gasteiger charge is 2.17. The van der Waals surface area contributed by atoms with E-state index in [1.165, 1.54) is 18.2 Å². The predicted molar refractivity (Wildman–Crippen MR) is 122 cm³/mol. The minimum absolute atomic E-state index is 0.165. The minimum atomic E-state index is -0.821. The largest absolute Gasteiger partial charge is 0.378 e. The van der Waals surface area contributed by atoms with Gasteiger partial charge in [0, 0.05) is 36.7 Å². The number of primary amides is 1. The van der Waals surface area contributed by atoms with Gasteiger partial charge in [0.25, 0.3) is 5.91 Å². The minimum Gasteiger partial charge on any atom is -0.378 e. The zero-order valence-corrected chi connectivity index (χ0v) is 17.6. The number of nitrogens with one attached hydrogen (secondary N) is 1. The van der Waals surface area contributed by atoms with Gasteiger partial charge in [0.05, 0.1) is 35.8 Å². The van der Waals surface area contributed by atoms with Crippen LogP contribution in [0.3, 0.4) is 0 Å². The second kappa shape index (κ2) is 8.51. The Balaban J connectivity index is 1.45. The first-order valence-corrected chi connectivity index (χ1v) is 10.5. The molecule has 1 saturated heterocycles. The Morgan fingerprint density at radius 3 is 2.58 bits per heavy atom. The van der Waals surface area contributed by atoms with E-state index in [0.29, 0.717) is 60.3 Å². The van der Waals surface area contributed by atoms with Crippen LogP contribution >= 0.6 is 0 Å². The first-order valence-electron chi connectivity index (χ1n) is 10.5. The van der Waals surface area contributed by atoms with Crippen molar-refractivity contribution in [3.8, 4) is 11.3 Å². The van der Waals surface area contributed by atoms with Crippen LogP contribution in [0.4, 0.5) is 25.8 Å². The van der Waals surface area contributed by atoms with Gasteiger partial charge < -0.3 is 20.7 Å². The number of carbonyl (C=O) groups is 1. The Morgan fingerprint density at radius 1 is 1.03 bits per heavy atom. The van der Waals surface area contributed by atoms with Gasteiger partial charge in [-0.05, 0) is 42.5 Å². The number of ether oxygens (including phenoxy) is 1. The molecule has 168 valence electrons. The summed E-state index contributed by atoms with van der Waals surface area (Å²) in [6.07, 6.45) is 3.37. The van der Waals surface area contributed by atoms with Crippen molar-refractivity contribution < 1.29 is 18.3 Å². The van der Waals surface area contributed by atoms with Crippen molar-refractivity contribution >= 4 is 28.6 Å². The zero-order chi connectivity index (χ0) is 22.9. The van der Waals surface area contributed by atoms with Gasteiger partial charge in [-0.1, -0.05) is 6.07 Å². The van der Waals surface area contributed by atoms with Gasteiger partial charge in [-0.25, -0.2) is 13.8 Å². The molecule has 0 unspecified atom stereocenters. The van der Waals surface area contributed by atoms with E-state index in [2.05, 4.69) is 10.3 Å². The van der Waals surface area contributed by atoms with Crippen LogP contribution in [0.1, 0.15) is 10.4 Å². The molecule has 1 aliphatic rings. The first kappa shape index (κ1) is 20.9. The van der Waals surface area contributed by atoms with Crippen molar-refractivity contribution in [2.75, 3.05) is 36.5 Å². The number of halogens is 2. The van der Waals surface area contributed by atoms with Gasteiger partial charge in [-0.3, -0.25) is 9.20 Å². The lowest BCUT2D eigenvalue weighted by molar-refractivity contribution is 0.0996. The second-order valence-corrected chi connectivity index (χ2v) is 7.70. The molecule has 3 heterocycles. The van der Waals surface area contributed by atoms with E-state index in [9.17, 15) is 13.6 Å². The third-order valence-electron chi connectivity index (χ3n) is 5.66. The summed E-state index contributed by atoms with van der Waals surface area (Å²) in [5.74, 6) is -1.83. The number of fused-ring (bicyclic) bond motifs is 1. The predicted octanol–water partition coefficient (Wildman–Crippen LogP) is 3.96. The van der Waals surface area contributed by atoms with Crippen molar-refractivity contribution in [3.05, 3.63) is 78.1 Å². The highest BCUT2D eigenvalue weighted by molar-refractivity contribution is 5.93. The molecule has 1 amide bonds. The number of benzene rings is 2. The SMILES string of the molecule is NC(=O)c1ccc(-c2ccc(Nc3ccc(N4CCOCC4)c(F)c3)c3nccn23)cc1F. The normalized spacial score (nSPS) is 13.9. The Bertz CT molecular complexity index is 1350. The molecule has 0 spiro atoms. The van der Waals surface area contributed by atoms with Gasteiger partial charge >= 0.3 is 0 Å². The van der Waals surface area contributed by atoms with Crippen LogP contribution in [-0.2, 0) is 4.74 Å². The summed E-state index contributed by atoms with van der Waals surface area (Å²) >= 11 is 0.